The molecule has 0 saturated carbocycles. The molecule has 3 saturated heterocycles. The predicted octanol–water partition coefficient (Wildman–Crippen LogP) is -1.90. The number of nitrogens with one attached hydrogen (secondary N) is 1. The Morgan fingerprint density at radius 1 is 0.707 bits per heavy atom. The monoisotopic (exact) mass is 893 g/mol. The summed E-state index contributed by atoms with van der Waals surface area (Å²) < 4.78 is 54.7. The Labute approximate surface area is 345 Å². The molecule has 3 fully saturated rings. The maximum absolute atomic E-state index is 12.8. The van der Waals surface area contributed by atoms with Crippen molar-refractivity contribution in [2.75, 3.05) is 19.8 Å². The van der Waals surface area contributed by atoms with Crippen LogP contribution in [0, 0.1) is 5.41 Å². The molecular formula is C34H46Cl3NO20. The van der Waals surface area contributed by atoms with Gasteiger partial charge in [0, 0.05) is 20.8 Å². The lowest BCUT2D eigenvalue weighted by atomic mass is 9.93. The lowest BCUT2D eigenvalue weighted by Gasteiger charge is -2.50. The molecule has 3 aliphatic rings. The summed E-state index contributed by atoms with van der Waals surface area (Å²) in [5.41, 5.74) is 0.580. The molecule has 0 aliphatic carbocycles. The first-order valence-electron chi connectivity index (χ1n) is 17.6. The summed E-state index contributed by atoms with van der Waals surface area (Å²) in [6, 6.07) is 8.50. The third-order valence-corrected chi connectivity index (χ3v) is 9.51. The van der Waals surface area contributed by atoms with E-state index in [1.807, 2.05) is 0 Å². The van der Waals surface area contributed by atoms with E-state index in [1.165, 1.54) is 0 Å². The largest absolute Gasteiger partial charge is 0.462 e. The molecule has 0 amide bonds. The fourth-order valence-electron chi connectivity index (χ4n) is 6.27. The Morgan fingerprint density at radius 2 is 1.29 bits per heavy atom. The molecule has 3 aliphatic heterocycles. The highest BCUT2D eigenvalue weighted by molar-refractivity contribution is 6.76. The van der Waals surface area contributed by atoms with Crippen LogP contribution in [0.3, 0.4) is 0 Å². The molecule has 3 heterocycles. The molecular weight excluding hydrogens is 849 g/mol. The highest BCUT2D eigenvalue weighted by atomic mass is 35.6. The summed E-state index contributed by atoms with van der Waals surface area (Å²) in [5.74, 6) is -3.72. The van der Waals surface area contributed by atoms with Gasteiger partial charge < -0.3 is 83.1 Å². The number of aliphatic hydroxyl groups excluding tert-OH is 7. The van der Waals surface area contributed by atoms with Gasteiger partial charge in [0.15, 0.2) is 30.9 Å². The van der Waals surface area contributed by atoms with E-state index in [2.05, 4.69) is 0 Å². The quantitative estimate of drug-likeness (QED) is 0.0313. The number of ether oxygens (including phenoxy) is 10. The van der Waals surface area contributed by atoms with Crippen LogP contribution in [0.4, 0.5) is 0 Å². The highest BCUT2D eigenvalue weighted by Crippen LogP contribution is 2.38. The van der Waals surface area contributed by atoms with Gasteiger partial charge in [-0.05, 0) is 5.56 Å². The van der Waals surface area contributed by atoms with Crippen LogP contribution < -0.4 is 0 Å². The van der Waals surface area contributed by atoms with Crippen molar-refractivity contribution in [3.63, 3.8) is 0 Å². The molecule has 58 heavy (non-hydrogen) atoms. The number of benzene rings is 1. The van der Waals surface area contributed by atoms with E-state index in [1.54, 1.807) is 30.3 Å². The van der Waals surface area contributed by atoms with Gasteiger partial charge in [0.1, 0.15) is 67.6 Å². The minimum absolute atomic E-state index is 0.226. The fraction of sp³-hybridized carbons (Fsp3) is 0.706. The van der Waals surface area contributed by atoms with Crippen LogP contribution in [0.2, 0.25) is 0 Å². The molecule has 16 atom stereocenters. The fourth-order valence-corrected chi connectivity index (χ4v) is 6.40. The van der Waals surface area contributed by atoms with Crippen LogP contribution in [-0.2, 0) is 68.4 Å². The minimum Gasteiger partial charge on any atom is -0.462 e. The molecule has 0 spiro atoms. The van der Waals surface area contributed by atoms with Gasteiger partial charge >= 0.3 is 17.9 Å². The first-order chi connectivity index (χ1) is 27.3. The van der Waals surface area contributed by atoms with Crippen molar-refractivity contribution in [1.29, 1.82) is 5.41 Å². The average molecular weight is 895 g/mol. The van der Waals surface area contributed by atoms with Gasteiger partial charge in [-0.2, -0.15) is 0 Å². The maximum Gasteiger partial charge on any atom is 0.303 e. The molecule has 0 radical (unpaired) electrons. The lowest BCUT2D eigenvalue weighted by molar-refractivity contribution is -0.381. The number of aliphatic hydroxyl groups is 7. The zero-order chi connectivity index (χ0) is 43.1. The Morgan fingerprint density at radius 3 is 1.84 bits per heavy atom. The van der Waals surface area contributed by atoms with E-state index in [-0.39, 0.29) is 6.61 Å². The van der Waals surface area contributed by atoms with Gasteiger partial charge in [0.2, 0.25) is 12.2 Å². The molecule has 1 aromatic carbocycles. The second-order valence-electron chi connectivity index (χ2n) is 13.3. The summed E-state index contributed by atoms with van der Waals surface area (Å²) in [6.07, 6.45) is -28.8. The SMILES string of the molecule is CC(=O)OC[C@H](OC(C)=O)[C@H]1O[C@H](OC(=N)C(Cl)(Cl)Cl)[C@@H](OCc2ccccc2)[C@@H](OC(C)=O)[C@@H]1OC1O[C@H](CO)[C@@H](O[C@@H]2O[C@H](CO)[C@H](O)[C@H](O)[C@H]2O)[C@H](O)[C@H]1O. The number of carbonyl (C=O) groups is 3. The van der Waals surface area contributed by atoms with Crippen molar-refractivity contribution in [2.45, 2.75) is 129 Å². The first-order valence-corrected chi connectivity index (χ1v) is 18.8. The summed E-state index contributed by atoms with van der Waals surface area (Å²) in [4.78, 5) is 37.1. The Hall–Kier alpha value is -2.55. The topological polar surface area (TPSA) is 309 Å². The molecule has 4 rings (SSSR count). The highest BCUT2D eigenvalue weighted by Gasteiger charge is 2.58. The molecule has 0 bridgehead atoms. The Kier molecular flexibility index (Phi) is 17.7. The van der Waals surface area contributed by atoms with Gasteiger partial charge in [-0.3, -0.25) is 19.8 Å². The van der Waals surface area contributed by atoms with E-state index >= 15 is 0 Å². The van der Waals surface area contributed by atoms with E-state index in [9.17, 15) is 50.1 Å². The molecule has 0 aromatic heterocycles. The Balaban J connectivity index is 1.75. The molecule has 21 nitrogen and oxygen atoms in total. The maximum atomic E-state index is 12.8. The Bertz CT molecular complexity index is 1520. The van der Waals surface area contributed by atoms with Crippen molar-refractivity contribution < 1.29 is 97.5 Å². The van der Waals surface area contributed by atoms with Crippen molar-refractivity contribution in [3.05, 3.63) is 35.9 Å². The number of carbonyl (C=O) groups excluding carboxylic acids is 3. The molecule has 1 unspecified atom stereocenters. The molecule has 328 valence electrons. The van der Waals surface area contributed by atoms with Gasteiger partial charge in [-0.25, -0.2) is 0 Å². The molecule has 8 N–H and O–H groups in total. The van der Waals surface area contributed by atoms with Crippen LogP contribution in [0.15, 0.2) is 30.3 Å². The second-order valence-corrected chi connectivity index (χ2v) is 15.6. The van der Waals surface area contributed by atoms with Crippen LogP contribution in [0.1, 0.15) is 26.3 Å². The van der Waals surface area contributed by atoms with E-state index < -0.39 is 146 Å². The summed E-state index contributed by atoms with van der Waals surface area (Å²) >= 11 is 17.7. The zero-order valence-corrected chi connectivity index (χ0v) is 33.3. The van der Waals surface area contributed by atoms with E-state index in [0.717, 1.165) is 20.8 Å². The smallest absolute Gasteiger partial charge is 0.303 e. The first kappa shape index (κ1) is 48.1. The van der Waals surface area contributed by atoms with Gasteiger partial charge in [-0.15, -0.1) is 0 Å². The van der Waals surface area contributed by atoms with Gasteiger partial charge in [0.25, 0.3) is 3.79 Å². The zero-order valence-electron chi connectivity index (χ0n) is 31.0. The van der Waals surface area contributed by atoms with Crippen molar-refractivity contribution in [3.8, 4) is 0 Å². The van der Waals surface area contributed by atoms with Crippen molar-refractivity contribution in [2.24, 2.45) is 0 Å². The minimum atomic E-state index is -2.47. The third-order valence-electron chi connectivity index (χ3n) is 9.00. The normalized spacial score (nSPS) is 36.0. The standard InChI is InChI=1S/C34H46Cl3NO20/c1-13(41)49-12-19(51-14(2)42)26-27(28(52-15(3)43)29(50-11-16-7-5-4-6-8-16)32(56-26)58-33(38)34(35,36)37)57-31-24(48)22(46)25(18(10-40)54-31)55-30-23(47)21(45)20(44)17(9-39)53-30/h4-8,17-32,38-40,44-48H,9-12H2,1-3H3/t17-,18-,19+,20+,21+,22-,23-,24-,25-,26-,27-,28+,29+,30+,31?,32-/m1/s1. The number of hydrogen-bond acceptors (Lipinski definition) is 21. The van der Waals surface area contributed by atoms with Crippen LogP contribution >= 0.6 is 34.8 Å². The van der Waals surface area contributed by atoms with Crippen LogP contribution in [0.5, 0.6) is 0 Å². The average Bonchev–Trinajstić information content (AvgIpc) is 3.16. The molecule has 24 heteroatoms. The van der Waals surface area contributed by atoms with E-state index in [4.69, 9.17) is 87.6 Å². The number of hydrogen-bond donors (Lipinski definition) is 8. The summed E-state index contributed by atoms with van der Waals surface area (Å²) in [5, 5.41) is 81.9. The van der Waals surface area contributed by atoms with Crippen LogP contribution in [0.25, 0.3) is 0 Å². The number of halogens is 3. The molecule has 1 aromatic rings. The van der Waals surface area contributed by atoms with Crippen molar-refractivity contribution in [1.82, 2.24) is 0 Å². The number of esters is 3. The van der Waals surface area contributed by atoms with Gasteiger partial charge in [0.05, 0.1) is 19.8 Å². The summed E-state index contributed by atoms with van der Waals surface area (Å²) in [7, 11) is 0. The number of alkyl halides is 3. The number of rotatable bonds is 15. The van der Waals surface area contributed by atoms with Crippen LogP contribution in [-0.4, -0.2) is 181 Å². The van der Waals surface area contributed by atoms with Crippen molar-refractivity contribution >= 4 is 58.6 Å². The van der Waals surface area contributed by atoms with Gasteiger partial charge in [-0.1, -0.05) is 65.1 Å². The third kappa shape index (κ3) is 12.3. The predicted molar refractivity (Wildman–Crippen MR) is 192 cm³/mol. The summed E-state index contributed by atoms with van der Waals surface area (Å²) in [6.45, 7) is 0.351. The second kappa shape index (κ2) is 21.3. The lowest BCUT2D eigenvalue weighted by Crippen LogP contribution is -2.68. The van der Waals surface area contributed by atoms with E-state index in [0.29, 0.717) is 5.56 Å².